The van der Waals surface area contributed by atoms with Gasteiger partial charge in [0.15, 0.2) is 0 Å². The molecule has 1 aromatic heterocycles. The summed E-state index contributed by atoms with van der Waals surface area (Å²) in [6.07, 6.45) is 4.72. The molecule has 0 bridgehead atoms. The van der Waals surface area contributed by atoms with Crippen LogP contribution < -0.4 is 5.32 Å². The second kappa shape index (κ2) is 8.49. The maximum Gasteiger partial charge on any atom is 0.137 e. The van der Waals surface area contributed by atoms with Crippen LogP contribution in [-0.2, 0) is 13.1 Å². The number of hydrogen-bond donors (Lipinski definition) is 1. The van der Waals surface area contributed by atoms with Gasteiger partial charge in [-0.15, -0.1) is 24.8 Å². The van der Waals surface area contributed by atoms with E-state index in [0.717, 1.165) is 25.0 Å². The van der Waals surface area contributed by atoms with Gasteiger partial charge in [0.05, 0.1) is 6.54 Å². The average molecular weight is 384 g/mol. The van der Waals surface area contributed by atoms with Crippen molar-refractivity contribution in [1.82, 2.24) is 25.0 Å². The highest BCUT2D eigenvalue weighted by molar-refractivity contribution is 5.85. The van der Waals surface area contributed by atoms with Crippen molar-refractivity contribution < 1.29 is 0 Å². The van der Waals surface area contributed by atoms with Crippen molar-refractivity contribution in [3.05, 3.63) is 47.0 Å². The molecule has 0 amide bonds. The Bertz CT molecular complexity index is 677. The second-order valence-electron chi connectivity index (χ2n) is 7.10. The zero-order chi connectivity index (χ0) is 15.8. The number of aromatic nitrogens is 3. The van der Waals surface area contributed by atoms with E-state index in [1.165, 1.54) is 48.3 Å². The number of aryl methyl sites for hydroxylation is 2. The molecule has 1 N–H and O–H groups in total. The van der Waals surface area contributed by atoms with Crippen LogP contribution in [0.4, 0.5) is 0 Å². The topological polar surface area (TPSA) is 46.0 Å². The molecular weight excluding hydrogens is 357 g/mol. The third-order valence-corrected chi connectivity index (χ3v) is 5.43. The number of rotatable bonds is 4. The van der Waals surface area contributed by atoms with Gasteiger partial charge in [-0.05, 0) is 55.0 Å². The lowest BCUT2D eigenvalue weighted by atomic mass is 9.99. The van der Waals surface area contributed by atoms with E-state index in [1.54, 1.807) is 12.7 Å². The first-order chi connectivity index (χ1) is 11.2. The summed E-state index contributed by atoms with van der Waals surface area (Å²) in [7, 11) is 0. The Morgan fingerprint density at radius 1 is 1.08 bits per heavy atom. The van der Waals surface area contributed by atoms with E-state index < -0.39 is 0 Å². The van der Waals surface area contributed by atoms with Crippen LogP contribution in [0, 0.1) is 19.8 Å². The predicted molar refractivity (Wildman–Crippen MR) is 105 cm³/mol. The van der Waals surface area contributed by atoms with Gasteiger partial charge in [0.25, 0.3) is 0 Å². The number of halogens is 2. The molecule has 2 saturated heterocycles. The number of benzene rings is 1. The maximum atomic E-state index is 4.23. The molecule has 0 radical (unpaired) electrons. The molecule has 2 aliphatic heterocycles. The molecule has 7 heteroatoms. The van der Waals surface area contributed by atoms with Crippen LogP contribution in [0.1, 0.15) is 28.7 Å². The molecule has 0 saturated carbocycles. The molecule has 1 aromatic carbocycles. The van der Waals surface area contributed by atoms with Gasteiger partial charge < -0.3 is 5.32 Å². The molecule has 0 aliphatic carbocycles. The van der Waals surface area contributed by atoms with Gasteiger partial charge in [0.2, 0.25) is 0 Å². The minimum Gasteiger partial charge on any atom is -0.312 e. The SMILES string of the molecule is Cc1cc(C)c(Cn2cncn2)cc1CN1C[C@@H]2CCN[C@@H]2C1.Cl.Cl. The minimum absolute atomic E-state index is 0. The number of fused-ring (bicyclic) bond motifs is 1. The summed E-state index contributed by atoms with van der Waals surface area (Å²) in [5.41, 5.74) is 5.52. The molecule has 0 unspecified atom stereocenters. The van der Waals surface area contributed by atoms with Crippen molar-refractivity contribution in [2.45, 2.75) is 39.4 Å². The van der Waals surface area contributed by atoms with E-state index in [2.05, 4.69) is 46.3 Å². The first kappa shape index (κ1) is 20.2. The molecule has 2 fully saturated rings. The van der Waals surface area contributed by atoms with Gasteiger partial charge in [-0.2, -0.15) is 5.10 Å². The number of nitrogens with zero attached hydrogens (tertiary/aromatic N) is 4. The predicted octanol–water partition coefficient (Wildman–Crippen LogP) is 2.58. The molecule has 2 aromatic rings. The summed E-state index contributed by atoms with van der Waals surface area (Å²) in [5.74, 6) is 0.857. The van der Waals surface area contributed by atoms with E-state index in [1.807, 2.05) is 4.68 Å². The highest BCUT2D eigenvalue weighted by Gasteiger charge is 2.35. The Morgan fingerprint density at radius 2 is 1.84 bits per heavy atom. The molecule has 2 aliphatic rings. The van der Waals surface area contributed by atoms with Crippen LogP contribution in [0.5, 0.6) is 0 Å². The summed E-state index contributed by atoms with van der Waals surface area (Å²) in [6.45, 7) is 9.91. The van der Waals surface area contributed by atoms with E-state index in [9.17, 15) is 0 Å². The van der Waals surface area contributed by atoms with Crippen LogP contribution in [0.3, 0.4) is 0 Å². The Balaban J connectivity index is 0.00000113. The van der Waals surface area contributed by atoms with Crippen LogP contribution in [0.15, 0.2) is 24.8 Å². The normalized spacial score (nSPS) is 22.3. The fourth-order valence-electron chi connectivity index (χ4n) is 4.09. The van der Waals surface area contributed by atoms with Gasteiger partial charge in [-0.1, -0.05) is 12.1 Å². The van der Waals surface area contributed by atoms with Crippen molar-refractivity contribution in [3.8, 4) is 0 Å². The summed E-state index contributed by atoms with van der Waals surface area (Å²) < 4.78 is 1.89. The van der Waals surface area contributed by atoms with Gasteiger partial charge in [0.1, 0.15) is 12.7 Å². The van der Waals surface area contributed by atoms with E-state index in [4.69, 9.17) is 0 Å². The third kappa shape index (κ3) is 4.34. The van der Waals surface area contributed by atoms with Gasteiger partial charge >= 0.3 is 0 Å². The molecule has 138 valence electrons. The minimum atomic E-state index is 0. The van der Waals surface area contributed by atoms with Gasteiger partial charge in [-0.25, -0.2) is 9.67 Å². The van der Waals surface area contributed by atoms with E-state index in [-0.39, 0.29) is 24.8 Å². The average Bonchev–Trinajstić information content (AvgIpc) is 3.20. The van der Waals surface area contributed by atoms with Gasteiger partial charge in [-0.3, -0.25) is 4.90 Å². The molecule has 3 heterocycles. The van der Waals surface area contributed by atoms with Crippen LogP contribution in [0.25, 0.3) is 0 Å². The Morgan fingerprint density at radius 3 is 2.52 bits per heavy atom. The molecule has 4 rings (SSSR count). The molecule has 5 nitrogen and oxygen atoms in total. The third-order valence-electron chi connectivity index (χ3n) is 5.43. The summed E-state index contributed by atoms with van der Waals surface area (Å²) in [4.78, 5) is 6.65. The Labute approximate surface area is 162 Å². The fraction of sp³-hybridized carbons (Fsp3) is 0.556. The smallest absolute Gasteiger partial charge is 0.137 e. The number of nitrogens with one attached hydrogen (secondary N) is 1. The lowest BCUT2D eigenvalue weighted by Gasteiger charge is -2.20. The van der Waals surface area contributed by atoms with Gasteiger partial charge in [0, 0.05) is 25.7 Å². The Kier molecular flexibility index (Phi) is 6.86. The van der Waals surface area contributed by atoms with E-state index >= 15 is 0 Å². The summed E-state index contributed by atoms with van der Waals surface area (Å²) >= 11 is 0. The molecule has 25 heavy (non-hydrogen) atoms. The highest BCUT2D eigenvalue weighted by atomic mass is 35.5. The fourth-order valence-corrected chi connectivity index (χ4v) is 4.09. The van der Waals surface area contributed by atoms with Crippen molar-refractivity contribution >= 4 is 24.8 Å². The standard InChI is InChI=1S/C18H25N5.2ClH/c1-13-5-14(2)17(9-23-12-19-11-21-23)6-16(13)8-22-7-15-3-4-20-18(15)10-22;;/h5-6,11-12,15,18,20H,3-4,7-10H2,1-2H3;2*1H/t15-,18+;;/m0../s1. The summed E-state index contributed by atoms with van der Waals surface area (Å²) in [6, 6.07) is 5.40. The van der Waals surface area contributed by atoms with Crippen LogP contribution in [0.2, 0.25) is 0 Å². The first-order valence-corrected chi connectivity index (χ1v) is 8.56. The van der Waals surface area contributed by atoms with E-state index in [0.29, 0.717) is 0 Å². The van der Waals surface area contributed by atoms with Crippen molar-refractivity contribution in [2.75, 3.05) is 19.6 Å². The highest BCUT2D eigenvalue weighted by Crippen LogP contribution is 2.27. The van der Waals surface area contributed by atoms with Crippen molar-refractivity contribution in [1.29, 1.82) is 0 Å². The first-order valence-electron chi connectivity index (χ1n) is 8.56. The molecule has 2 atom stereocenters. The monoisotopic (exact) mass is 383 g/mol. The number of hydrogen-bond acceptors (Lipinski definition) is 4. The maximum absolute atomic E-state index is 4.23. The summed E-state index contributed by atoms with van der Waals surface area (Å²) in [5, 5.41) is 7.87. The Hall–Kier alpha value is -1.14. The lowest BCUT2D eigenvalue weighted by Crippen LogP contribution is -2.30. The van der Waals surface area contributed by atoms with Crippen LogP contribution in [-0.4, -0.2) is 45.3 Å². The van der Waals surface area contributed by atoms with Crippen LogP contribution >= 0.6 is 24.8 Å². The molecule has 0 spiro atoms. The zero-order valence-electron chi connectivity index (χ0n) is 14.8. The second-order valence-corrected chi connectivity index (χ2v) is 7.10. The molecular formula is C18H27Cl2N5. The largest absolute Gasteiger partial charge is 0.312 e. The van der Waals surface area contributed by atoms with Crippen molar-refractivity contribution in [2.24, 2.45) is 5.92 Å². The number of likely N-dealkylation sites (tertiary alicyclic amines) is 1. The van der Waals surface area contributed by atoms with Crippen molar-refractivity contribution in [3.63, 3.8) is 0 Å². The quantitative estimate of drug-likeness (QED) is 0.880. The zero-order valence-corrected chi connectivity index (χ0v) is 16.4. The lowest BCUT2D eigenvalue weighted by molar-refractivity contribution is 0.306.